The summed E-state index contributed by atoms with van der Waals surface area (Å²) in [7, 11) is 1.28. The van der Waals surface area contributed by atoms with Gasteiger partial charge in [-0.1, -0.05) is 6.08 Å². The molecule has 0 aromatic rings. The number of carbonyl (C=O) groups excluding carboxylic acids is 2. The van der Waals surface area contributed by atoms with Gasteiger partial charge < -0.3 is 9.64 Å². The second-order valence-electron chi connectivity index (χ2n) is 2.72. The van der Waals surface area contributed by atoms with E-state index in [0.717, 1.165) is 4.90 Å². The molecule has 0 aliphatic rings. The molecule has 7 heteroatoms. The number of hydrogen-bond acceptors (Lipinski definition) is 3. The monoisotopic (exact) mass is 237 g/mol. The number of rotatable bonds is 4. The summed E-state index contributed by atoms with van der Waals surface area (Å²) in [4.78, 5) is 22.9. The Labute approximate surface area is 90.0 Å². The molecule has 0 aromatic carbocycles. The van der Waals surface area contributed by atoms with Crippen LogP contribution in [0.25, 0.3) is 0 Å². The highest BCUT2D eigenvalue weighted by Gasteiger charge is 2.20. The first-order valence-electron chi connectivity index (χ1n) is 4.13. The van der Waals surface area contributed by atoms with Gasteiger partial charge in [-0.05, 0) is 0 Å². The Hall–Kier alpha value is -1.79. The van der Waals surface area contributed by atoms with E-state index in [4.69, 9.17) is 0 Å². The van der Waals surface area contributed by atoms with Gasteiger partial charge in [0.25, 0.3) is 0 Å². The fourth-order valence-electron chi connectivity index (χ4n) is 0.678. The minimum absolute atomic E-state index is 0.0870. The van der Waals surface area contributed by atoms with Gasteiger partial charge in [0.2, 0.25) is 5.83 Å². The van der Waals surface area contributed by atoms with Crippen molar-refractivity contribution in [2.24, 2.45) is 0 Å². The number of halogens is 3. The van der Waals surface area contributed by atoms with Gasteiger partial charge in [-0.25, -0.2) is 9.18 Å². The Morgan fingerprint density at radius 3 is 2.38 bits per heavy atom. The lowest BCUT2D eigenvalue weighted by Crippen LogP contribution is -2.34. The van der Waals surface area contributed by atoms with Crippen molar-refractivity contribution in [1.29, 1.82) is 0 Å². The van der Waals surface area contributed by atoms with Gasteiger partial charge in [0.15, 0.2) is 0 Å². The number of nitrogens with zero attached hydrogens (tertiary/aromatic N) is 1. The molecule has 0 atom stereocenters. The van der Waals surface area contributed by atoms with Crippen LogP contribution in [-0.4, -0.2) is 37.0 Å². The third-order valence-corrected chi connectivity index (χ3v) is 1.46. The van der Waals surface area contributed by atoms with E-state index in [9.17, 15) is 22.8 Å². The minimum Gasteiger partial charge on any atom is -0.451 e. The molecule has 0 radical (unpaired) electrons. The summed E-state index contributed by atoms with van der Waals surface area (Å²) in [6.45, 7) is 2.16. The molecule has 4 nitrogen and oxygen atoms in total. The van der Waals surface area contributed by atoms with Crippen LogP contribution >= 0.6 is 0 Å². The molecular formula is C9H10F3NO3. The van der Waals surface area contributed by atoms with E-state index in [1.165, 1.54) is 13.1 Å². The number of hydrogen-bond donors (Lipinski definition) is 0. The fourth-order valence-corrected chi connectivity index (χ4v) is 0.678. The predicted octanol–water partition coefficient (Wildman–Crippen LogP) is 1.25. The highest BCUT2D eigenvalue weighted by atomic mass is 19.3. The lowest BCUT2D eigenvalue weighted by molar-refractivity contribution is -0.158. The van der Waals surface area contributed by atoms with Crippen LogP contribution in [0.1, 0.15) is 0 Å². The Kier molecular flexibility index (Phi) is 5.91. The molecule has 1 amide bonds. The van der Waals surface area contributed by atoms with Crippen LogP contribution in [-0.2, 0) is 14.3 Å². The molecule has 0 aliphatic heterocycles. The van der Waals surface area contributed by atoms with Crippen LogP contribution in [0.5, 0.6) is 0 Å². The fraction of sp³-hybridized carbons (Fsp3) is 0.333. The highest BCUT2D eigenvalue weighted by molar-refractivity contribution is 6.32. The molecule has 0 fully saturated rings. The molecule has 0 saturated heterocycles. The second-order valence-corrected chi connectivity index (χ2v) is 2.72. The van der Waals surface area contributed by atoms with Gasteiger partial charge in [-0.3, -0.25) is 4.79 Å². The third-order valence-electron chi connectivity index (χ3n) is 1.46. The number of ether oxygens (including phenoxy) is 1. The first kappa shape index (κ1) is 14.2. The summed E-state index contributed by atoms with van der Waals surface area (Å²) in [5.41, 5.74) is 0. The molecule has 0 aliphatic carbocycles. The predicted molar refractivity (Wildman–Crippen MR) is 49.1 cm³/mol. The van der Waals surface area contributed by atoms with Crippen molar-refractivity contribution in [3.8, 4) is 0 Å². The Morgan fingerprint density at radius 1 is 1.38 bits per heavy atom. The van der Waals surface area contributed by atoms with E-state index >= 15 is 0 Å². The SMILES string of the molecule is C=CCN(C)C(=O)C(=O)OCC(F)=C(F)F. The summed E-state index contributed by atoms with van der Waals surface area (Å²) in [6.07, 6.45) is -1.23. The Morgan fingerprint density at radius 2 is 1.94 bits per heavy atom. The van der Waals surface area contributed by atoms with Crippen LogP contribution in [0.4, 0.5) is 13.2 Å². The molecule has 90 valence electrons. The van der Waals surface area contributed by atoms with Crippen molar-refractivity contribution in [2.75, 3.05) is 20.2 Å². The summed E-state index contributed by atoms with van der Waals surface area (Å²) < 4.78 is 39.4. The number of amides is 1. The first-order chi connectivity index (χ1) is 7.40. The van der Waals surface area contributed by atoms with Gasteiger partial charge >= 0.3 is 18.0 Å². The Balaban J connectivity index is 4.22. The van der Waals surface area contributed by atoms with Crippen molar-refractivity contribution < 1.29 is 27.5 Å². The molecule has 0 N–H and O–H groups in total. The summed E-state index contributed by atoms with van der Waals surface area (Å²) in [5.74, 6) is -4.35. The van der Waals surface area contributed by atoms with Gasteiger partial charge in [0.1, 0.15) is 6.61 Å². The maximum Gasteiger partial charge on any atom is 0.397 e. The van der Waals surface area contributed by atoms with Crippen LogP contribution in [0.2, 0.25) is 0 Å². The van der Waals surface area contributed by atoms with Gasteiger partial charge in [-0.2, -0.15) is 8.78 Å². The molecule has 0 heterocycles. The first-order valence-corrected chi connectivity index (χ1v) is 4.13. The van der Waals surface area contributed by atoms with E-state index in [1.807, 2.05) is 0 Å². The zero-order valence-corrected chi connectivity index (χ0v) is 8.50. The minimum atomic E-state index is -2.58. The quantitative estimate of drug-likeness (QED) is 0.420. The van der Waals surface area contributed by atoms with Gasteiger partial charge in [0, 0.05) is 13.6 Å². The zero-order valence-electron chi connectivity index (χ0n) is 8.50. The van der Waals surface area contributed by atoms with Crippen molar-refractivity contribution in [3.05, 3.63) is 24.6 Å². The van der Waals surface area contributed by atoms with Crippen LogP contribution in [0, 0.1) is 0 Å². The summed E-state index contributed by atoms with van der Waals surface area (Å²) >= 11 is 0. The lowest BCUT2D eigenvalue weighted by atomic mass is 10.5. The standard InChI is InChI=1S/C9H10F3NO3/c1-3-4-13(2)8(14)9(15)16-5-6(10)7(11)12/h3H,1,4-5H2,2H3. The van der Waals surface area contributed by atoms with Crippen molar-refractivity contribution in [3.63, 3.8) is 0 Å². The number of likely N-dealkylation sites (N-methyl/N-ethyl adjacent to an activating group) is 1. The van der Waals surface area contributed by atoms with Gasteiger partial charge in [0.05, 0.1) is 0 Å². The maximum atomic E-state index is 12.2. The lowest BCUT2D eigenvalue weighted by Gasteiger charge is -2.12. The topological polar surface area (TPSA) is 46.6 Å². The second kappa shape index (κ2) is 6.65. The molecule has 0 saturated carbocycles. The van der Waals surface area contributed by atoms with E-state index in [-0.39, 0.29) is 6.54 Å². The summed E-state index contributed by atoms with van der Waals surface area (Å²) in [6, 6.07) is 0. The molecular weight excluding hydrogens is 227 g/mol. The van der Waals surface area contributed by atoms with E-state index < -0.39 is 30.4 Å². The summed E-state index contributed by atoms with van der Waals surface area (Å²) in [5, 5.41) is 0. The van der Waals surface area contributed by atoms with Crippen molar-refractivity contribution in [2.45, 2.75) is 0 Å². The molecule has 0 rings (SSSR count). The van der Waals surface area contributed by atoms with E-state index in [1.54, 1.807) is 0 Å². The maximum absolute atomic E-state index is 12.2. The van der Waals surface area contributed by atoms with Crippen molar-refractivity contribution in [1.82, 2.24) is 4.90 Å². The average Bonchev–Trinajstić information content (AvgIpc) is 2.24. The van der Waals surface area contributed by atoms with Crippen molar-refractivity contribution >= 4 is 11.9 Å². The molecule has 16 heavy (non-hydrogen) atoms. The highest BCUT2D eigenvalue weighted by Crippen LogP contribution is 2.09. The van der Waals surface area contributed by atoms with Gasteiger partial charge in [-0.15, -0.1) is 6.58 Å². The number of carbonyl (C=O) groups is 2. The van der Waals surface area contributed by atoms with E-state index in [0.29, 0.717) is 0 Å². The molecule has 0 spiro atoms. The van der Waals surface area contributed by atoms with Crippen LogP contribution < -0.4 is 0 Å². The van der Waals surface area contributed by atoms with E-state index in [2.05, 4.69) is 11.3 Å². The van der Waals surface area contributed by atoms with Crippen LogP contribution in [0.15, 0.2) is 24.6 Å². The largest absolute Gasteiger partial charge is 0.451 e. The molecule has 0 bridgehead atoms. The Bertz CT molecular complexity index is 324. The van der Waals surface area contributed by atoms with Crippen LogP contribution in [0.3, 0.4) is 0 Å². The molecule has 0 aromatic heterocycles. The normalized spacial score (nSPS) is 9.25. The average molecular weight is 237 g/mol. The number of esters is 1. The zero-order chi connectivity index (χ0) is 12.7. The smallest absolute Gasteiger partial charge is 0.397 e. The molecule has 0 unspecified atom stereocenters. The third kappa shape index (κ3) is 4.63.